The van der Waals surface area contributed by atoms with Gasteiger partial charge in [0, 0.05) is 56.3 Å². The second-order valence-corrected chi connectivity index (χ2v) is 15.7. The molecule has 1 aliphatic carbocycles. The number of piperazine rings is 1. The van der Waals surface area contributed by atoms with Gasteiger partial charge in [-0.3, -0.25) is 24.6 Å². The Bertz CT molecular complexity index is 2070. The minimum Gasteiger partial charge on any atom is -0.508 e. The van der Waals surface area contributed by atoms with Crippen LogP contribution in [0.4, 0.5) is 18.9 Å². The lowest BCUT2D eigenvalue weighted by Crippen LogP contribution is -2.52. The Morgan fingerprint density at radius 2 is 1.72 bits per heavy atom. The Balaban J connectivity index is 0.896. The fourth-order valence-electron chi connectivity index (χ4n) is 8.93. The smallest absolute Gasteiger partial charge is 0.425 e. The molecule has 0 bridgehead atoms. The number of unbranched alkanes of at least 4 members (excludes halogenated alkanes) is 1. The Kier molecular flexibility index (Phi) is 12.4. The van der Waals surface area contributed by atoms with Gasteiger partial charge in [0.2, 0.25) is 11.8 Å². The van der Waals surface area contributed by atoms with Crippen LogP contribution in [-0.2, 0) is 27.3 Å². The summed E-state index contributed by atoms with van der Waals surface area (Å²) in [6, 6.07) is 20.6. The third kappa shape index (κ3) is 9.17. The lowest BCUT2D eigenvalue weighted by Gasteiger charge is -2.36. The van der Waals surface area contributed by atoms with Crippen molar-refractivity contribution >= 4 is 23.4 Å². The van der Waals surface area contributed by atoms with E-state index in [1.807, 2.05) is 36.4 Å². The van der Waals surface area contributed by atoms with Crippen LogP contribution >= 0.6 is 0 Å². The molecule has 3 aliphatic heterocycles. The van der Waals surface area contributed by atoms with Gasteiger partial charge in [0.15, 0.2) is 6.10 Å². The number of phenolic OH excluding ortho intramolecular Hbond substituents is 1. The number of carbonyl (C=O) groups excluding carboxylic acids is 3. The SMILES string of the molecule is C=C(/C=C\C(=CC)OC(CCCCN1CCN(c2ccc3c(c2)CN(C2CCC(=O)NC2=O)C3=O)CC1)C(F)(F)F)[C@@H]1c2ccc(O)cc2CC[C@@H]1c1ccccc1. The molecule has 2 N–H and O–H groups in total. The zero-order chi connectivity index (χ0) is 41.0. The van der Waals surface area contributed by atoms with Crippen LogP contribution in [0.5, 0.6) is 5.75 Å². The Morgan fingerprint density at radius 3 is 2.45 bits per heavy atom. The van der Waals surface area contributed by atoms with Gasteiger partial charge in [-0.1, -0.05) is 49.1 Å². The summed E-state index contributed by atoms with van der Waals surface area (Å²) in [6.07, 6.45) is 1.40. The highest BCUT2D eigenvalue weighted by Gasteiger charge is 2.42. The van der Waals surface area contributed by atoms with Gasteiger partial charge in [0.05, 0.1) is 0 Å². The predicted octanol–water partition coefficient (Wildman–Crippen LogP) is 7.92. The number of nitrogens with one attached hydrogen (secondary N) is 1. The van der Waals surface area contributed by atoms with Gasteiger partial charge in [-0.15, -0.1) is 0 Å². The minimum atomic E-state index is -4.53. The number of aromatic hydroxyl groups is 1. The van der Waals surface area contributed by atoms with Gasteiger partial charge in [0.25, 0.3) is 5.91 Å². The van der Waals surface area contributed by atoms with Crippen LogP contribution in [0.25, 0.3) is 0 Å². The van der Waals surface area contributed by atoms with E-state index in [0.29, 0.717) is 37.9 Å². The highest BCUT2D eigenvalue weighted by molar-refractivity contribution is 6.05. The minimum absolute atomic E-state index is 0.113. The molecule has 0 spiro atoms. The summed E-state index contributed by atoms with van der Waals surface area (Å²) in [7, 11) is 0. The Morgan fingerprint density at radius 1 is 0.948 bits per heavy atom. The van der Waals surface area contributed by atoms with Crippen molar-refractivity contribution in [3.8, 4) is 5.75 Å². The number of allylic oxidation sites excluding steroid dienone is 4. The Hall–Kier alpha value is -5.36. The van der Waals surface area contributed by atoms with E-state index in [1.54, 1.807) is 48.3 Å². The molecule has 4 atom stereocenters. The van der Waals surface area contributed by atoms with Crippen molar-refractivity contribution in [2.75, 3.05) is 37.6 Å². The molecule has 2 fully saturated rings. The molecule has 4 aliphatic rings. The number of ether oxygens (including phenoxy) is 1. The molecule has 58 heavy (non-hydrogen) atoms. The lowest BCUT2D eigenvalue weighted by molar-refractivity contribution is -0.210. The van der Waals surface area contributed by atoms with E-state index >= 15 is 0 Å². The normalized spacial score (nSPS) is 22.2. The number of aryl methyl sites for hydroxylation is 1. The van der Waals surface area contributed by atoms with Crippen LogP contribution in [-0.4, -0.2) is 83.7 Å². The number of rotatable bonds is 13. The van der Waals surface area contributed by atoms with Gasteiger partial charge in [-0.05, 0) is 128 Å². The van der Waals surface area contributed by atoms with Crippen LogP contribution in [0.1, 0.15) is 89.9 Å². The number of carbonyl (C=O) groups is 3. The van der Waals surface area contributed by atoms with Gasteiger partial charge in [-0.2, -0.15) is 13.2 Å². The van der Waals surface area contributed by atoms with Crippen molar-refractivity contribution < 1.29 is 37.4 Å². The molecular weight excluding hydrogens is 746 g/mol. The van der Waals surface area contributed by atoms with E-state index in [-0.39, 0.29) is 48.0 Å². The van der Waals surface area contributed by atoms with Crippen LogP contribution in [0.2, 0.25) is 0 Å². The maximum absolute atomic E-state index is 14.3. The molecule has 306 valence electrons. The highest BCUT2D eigenvalue weighted by atomic mass is 19.4. The zero-order valence-electron chi connectivity index (χ0n) is 32.8. The zero-order valence-corrected chi connectivity index (χ0v) is 32.8. The van der Waals surface area contributed by atoms with E-state index in [4.69, 9.17) is 4.74 Å². The lowest BCUT2D eigenvalue weighted by atomic mass is 9.69. The van der Waals surface area contributed by atoms with Gasteiger partial charge in [0.1, 0.15) is 17.6 Å². The monoisotopic (exact) mass is 796 g/mol. The number of halogens is 3. The number of amides is 3. The molecular formula is C46H51F3N4O5. The molecule has 0 saturated carbocycles. The topological polar surface area (TPSA) is 102 Å². The first-order chi connectivity index (χ1) is 27.9. The summed E-state index contributed by atoms with van der Waals surface area (Å²) >= 11 is 0. The summed E-state index contributed by atoms with van der Waals surface area (Å²) in [6.45, 7) is 10.0. The number of hydrogen-bond acceptors (Lipinski definition) is 7. The summed E-state index contributed by atoms with van der Waals surface area (Å²) in [4.78, 5) is 43.2. The predicted molar refractivity (Wildman–Crippen MR) is 216 cm³/mol. The number of anilines is 1. The quantitative estimate of drug-likeness (QED) is 0.0785. The average molecular weight is 797 g/mol. The molecule has 2 saturated heterocycles. The molecule has 3 amide bonds. The van der Waals surface area contributed by atoms with Crippen molar-refractivity contribution in [2.24, 2.45) is 0 Å². The van der Waals surface area contributed by atoms with Gasteiger partial charge < -0.3 is 19.6 Å². The van der Waals surface area contributed by atoms with E-state index in [9.17, 15) is 32.7 Å². The fraction of sp³-hybridized carbons (Fsp3) is 0.413. The highest BCUT2D eigenvalue weighted by Crippen LogP contribution is 2.47. The molecule has 3 aromatic rings. The molecule has 9 nitrogen and oxygen atoms in total. The molecule has 3 heterocycles. The number of piperidine rings is 1. The number of imide groups is 1. The van der Waals surface area contributed by atoms with Crippen molar-refractivity contribution in [3.05, 3.63) is 131 Å². The van der Waals surface area contributed by atoms with E-state index in [0.717, 1.165) is 67.0 Å². The summed E-state index contributed by atoms with van der Waals surface area (Å²) < 4.78 is 48.5. The first-order valence-electron chi connectivity index (χ1n) is 20.3. The molecule has 0 radical (unpaired) electrons. The number of hydrogen-bond donors (Lipinski definition) is 2. The van der Waals surface area contributed by atoms with Crippen LogP contribution in [0.3, 0.4) is 0 Å². The third-order valence-corrected chi connectivity index (χ3v) is 12.0. The number of phenols is 1. The number of nitrogens with zero attached hydrogens (tertiary/aromatic N) is 3. The fourth-order valence-corrected chi connectivity index (χ4v) is 8.93. The number of alkyl halides is 3. The van der Waals surface area contributed by atoms with E-state index in [2.05, 4.69) is 33.8 Å². The number of fused-ring (bicyclic) bond motifs is 2. The molecule has 7 rings (SSSR count). The maximum atomic E-state index is 14.3. The Labute approximate surface area is 337 Å². The number of benzene rings is 3. The summed E-state index contributed by atoms with van der Waals surface area (Å²) in [5.74, 6) is -0.602. The van der Waals surface area contributed by atoms with Crippen molar-refractivity contribution in [2.45, 2.75) is 88.6 Å². The first kappa shape index (κ1) is 40.8. The van der Waals surface area contributed by atoms with Crippen LogP contribution in [0, 0.1) is 0 Å². The van der Waals surface area contributed by atoms with Crippen LogP contribution < -0.4 is 10.2 Å². The molecule has 2 unspecified atom stereocenters. The van der Waals surface area contributed by atoms with Crippen molar-refractivity contribution in [1.82, 2.24) is 15.1 Å². The average Bonchev–Trinajstić information content (AvgIpc) is 3.54. The van der Waals surface area contributed by atoms with Gasteiger partial charge >= 0.3 is 6.18 Å². The molecule has 3 aromatic carbocycles. The summed E-state index contributed by atoms with van der Waals surface area (Å²) in [5.41, 5.74) is 6.45. The third-order valence-electron chi connectivity index (χ3n) is 12.0. The molecule has 12 heteroatoms. The maximum Gasteiger partial charge on any atom is 0.425 e. The second-order valence-electron chi connectivity index (χ2n) is 15.7. The standard InChI is InChI=1S/C46H51F3N4O5/c1-3-36(16-12-30(2)43-37(31-9-5-4-6-10-31)17-13-32-28-35(54)15-19-38(32)43)58-41(46(47,48)49)11-7-8-22-51-23-25-52(26-24-51)34-14-18-39-33(27-34)29-53(45(39)57)40-20-21-42(55)50-44(40)56/h3-6,9-10,12,14-16,18-19,27-28,37,40-41,43,54H,2,7-8,11,13,17,20-26,29H2,1H3,(H,50,55,56)/b16-12-,36-3?/t37-,40?,41?,43+/m1/s1. The van der Waals surface area contributed by atoms with Gasteiger partial charge in [-0.25, -0.2) is 0 Å². The second kappa shape index (κ2) is 17.6. The molecule has 0 aromatic heterocycles. The van der Waals surface area contributed by atoms with E-state index < -0.39 is 24.2 Å². The van der Waals surface area contributed by atoms with E-state index in [1.165, 1.54) is 5.56 Å². The van der Waals surface area contributed by atoms with Crippen LogP contribution in [0.15, 0.2) is 103 Å². The van der Waals surface area contributed by atoms with Crippen molar-refractivity contribution in [1.29, 1.82) is 0 Å². The van der Waals surface area contributed by atoms with Crippen molar-refractivity contribution in [3.63, 3.8) is 0 Å². The summed E-state index contributed by atoms with van der Waals surface area (Å²) in [5, 5.41) is 12.5. The first-order valence-corrected chi connectivity index (χ1v) is 20.3. The largest absolute Gasteiger partial charge is 0.508 e.